The molecular formula is C28H27IN4O2. The highest BCUT2D eigenvalue weighted by Gasteiger charge is 2.19. The third-order valence-corrected chi connectivity index (χ3v) is 6.76. The van der Waals surface area contributed by atoms with Gasteiger partial charge in [0.15, 0.2) is 0 Å². The van der Waals surface area contributed by atoms with E-state index in [0.29, 0.717) is 6.61 Å². The molecule has 3 heterocycles. The van der Waals surface area contributed by atoms with Crippen LogP contribution in [0.15, 0.2) is 96.5 Å². The number of methoxy groups -OCH3 is 1. The van der Waals surface area contributed by atoms with Crippen molar-refractivity contribution >= 4 is 45.9 Å². The second-order valence-electron chi connectivity index (χ2n) is 8.21. The van der Waals surface area contributed by atoms with E-state index in [1.54, 1.807) is 7.11 Å². The number of hydrogen-bond donors (Lipinski definition) is 3. The molecule has 2 aromatic carbocycles. The molecule has 0 bridgehead atoms. The molecule has 0 saturated heterocycles. The number of allylic oxidation sites excluding steroid dienone is 3. The minimum Gasteiger partial charge on any atom is -0.496 e. The van der Waals surface area contributed by atoms with Crippen LogP contribution in [0.4, 0.5) is 0 Å². The molecule has 1 atom stereocenters. The van der Waals surface area contributed by atoms with Gasteiger partial charge in [0.1, 0.15) is 18.1 Å². The van der Waals surface area contributed by atoms with Gasteiger partial charge in [-0.3, -0.25) is 0 Å². The SMILES string of the molecule is COc1cc(OCC2=CC=CCN2)ccc1/C=C/C1C=C(/C=C/c2cccc3[nH]ccc23)NN1I. The molecule has 35 heavy (non-hydrogen) atoms. The molecule has 0 spiro atoms. The quantitative estimate of drug-likeness (QED) is 0.235. The maximum atomic E-state index is 5.93. The van der Waals surface area contributed by atoms with Gasteiger partial charge in [0.05, 0.1) is 13.2 Å². The molecule has 1 unspecified atom stereocenters. The van der Waals surface area contributed by atoms with Crippen LogP contribution in [0.1, 0.15) is 11.1 Å². The van der Waals surface area contributed by atoms with E-state index in [-0.39, 0.29) is 6.04 Å². The van der Waals surface area contributed by atoms with Crippen molar-refractivity contribution in [1.29, 1.82) is 0 Å². The first-order valence-corrected chi connectivity index (χ1v) is 12.4. The maximum Gasteiger partial charge on any atom is 0.129 e. The zero-order chi connectivity index (χ0) is 24.0. The number of hydrazine groups is 1. The summed E-state index contributed by atoms with van der Waals surface area (Å²) < 4.78 is 13.6. The Balaban J connectivity index is 1.25. The minimum absolute atomic E-state index is 0.108. The molecule has 0 fully saturated rings. The van der Waals surface area contributed by atoms with Crippen LogP contribution in [0.25, 0.3) is 23.1 Å². The first kappa shape index (κ1) is 23.3. The van der Waals surface area contributed by atoms with Crippen molar-refractivity contribution in [2.24, 2.45) is 0 Å². The Morgan fingerprint density at radius 3 is 2.91 bits per heavy atom. The maximum absolute atomic E-state index is 5.93. The Morgan fingerprint density at radius 1 is 1.11 bits per heavy atom. The number of halogens is 1. The number of H-pyrrole nitrogens is 1. The van der Waals surface area contributed by atoms with Crippen LogP contribution in [0.3, 0.4) is 0 Å². The third-order valence-electron chi connectivity index (χ3n) is 5.87. The lowest BCUT2D eigenvalue weighted by atomic mass is 10.1. The molecule has 178 valence electrons. The number of ether oxygens (including phenoxy) is 2. The predicted molar refractivity (Wildman–Crippen MR) is 151 cm³/mol. The molecule has 0 saturated carbocycles. The molecule has 1 aromatic heterocycles. The Labute approximate surface area is 219 Å². The van der Waals surface area contributed by atoms with Crippen molar-refractivity contribution in [3.63, 3.8) is 0 Å². The molecule has 2 aliphatic rings. The number of nitrogens with zero attached hydrogens (tertiary/aromatic N) is 1. The highest BCUT2D eigenvalue weighted by molar-refractivity contribution is 14.1. The number of hydrogen-bond acceptors (Lipinski definition) is 5. The van der Waals surface area contributed by atoms with Gasteiger partial charge in [-0.25, -0.2) is 0 Å². The number of aromatic amines is 1. The monoisotopic (exact) mass is 578 g/mol. The summed E-state index contributed by atoms with van der Waals surface area (Å²) in [6, 6.07) is 14.4. The topological polar surface area (TPSA) is 61.6 Å². The van der Waals surface area contributed by atoms with Crippen LogP contribution < -0.4 is 20.2 Å². The van der Waals surface area contributed by atoms with Crippen LogP contribution in [0.2, 0.25) is 0 Å². The molecule has 7 heteroatoms. The van der Waals surface area contributed by atoms with Crippen molar-refractivity contribution in [1.82, 2.24) is 18.9 Å². The first-order valence-electron chi connectivity index (χ1n) is 11.5. The van der Waals surface area contributed by atoms with E-state index in [4.69, 9.17) is 9.47 Å². The molecule has 5 rings (SSSR count). The van der Waals surface area contributed by atoms with Gasteiger partial charge in [0, 0.05) is 69.5 Å². The summed E-state index contributed by atoms with van der Waals surface area (Å²) in [6.45, 7) is 1.33. The average Bonchev–Trinajstić information content (AvgIpc) is 3.52. The predicted octanol–water partition coefficient (Wildman–Crippen LogP) is 5.75. The molecule has 0 amide bonds. The van der Waals surface area contributed by atoms with Crippen molar-refractivity contribution in [2.75, 3.05) is 20.3 Å². The van der Waals surface area contributed by atoms with Gasteiger partial charge in [0.25, 0.3) is 0 Å². The van der Waals surface area contributed by atoms with Crippen LogP contribution in [0, 0.1) is 0 Å². The second-order valence-corrected chi connectivity index (χ2v) is 9.25. The zero-order valence-corrected chi connectivity index (χ0v) is 21.5. The van der Waals surface area contributed by atoms with Crippen LogP contribution in [0.5, 0.6) is 11.5 Å². The van der Waals surface area contributed by atoms with E-state index in [2.05, 4.69) is 99.3 Å². The van der Waals surface area contributed by atoms with Crippen LogP contribution >= 0.6 is 22.9 Å². The van der Waals surface area contributed by atoms with E-state index >= 15 is 0 Å². The molecule has 3 aromatic rings. The number of aromatic nitrogens is 1. The third kappa shape index (κ3) is 5.63. The van der Waals surface area contributed by atoms with E-state index in [0.717, 1.165) is 40.5 Å². The molecule has 6 nitrogen and oxygen atoms in total. The lowest BCUT2D eigenvalue weighted by Gasteiger charge is -2.15. The Morgan fingerprint density at radius 2 is 2.06 bits per heavy atom. The summed E-state index contributed by atoms with van der Waals surface area (Å²) in [5.74, 6) is 1.55. The molecular weight excluding hydrogens is 551 g/mol. The van der Waals surface area contributed by atoms with Gasteiger partial charge in [-0.1, -0.05) is 42.5 Å². The normalized spacial score (nSPS) is 18.1. The lowest BCUT2D eigenvalue weighted by molar-refractivity contribution is 0.339. The summed E-state index contributed by atoms with van der Waals surface area (Å²) in [5.41, 5.74) is 8.85. The summed E-state index contributed by atoms with van der Waals surface area (Å²) in [4.78, 5) is 3.26. The smallest absolute Gasteiger partial charge is 0.129 e. The highest BCUT2D eigenvalue weighted by Crippen LogP contribution is 2.28. The van der Waals surface area contributed by atoms with Gasteiger partial charge in [-0.15, -0.1) is 0 Å². The highest BCUT2D eigenvalue weighted by atomic mass is 127. The van der Waals surface area contributed by atoms with Crippen LogP contribution in [-0.4, -0.2) is 34.5 Å². The second kappa shape index (κ2) is 10.9. The number of benzene rings is 2. The van der Waals surface area contributed by atoms with Gasteiger partial charge >= 0.3 is 0 Å². The van der Waals surface area contributed by atoms with Crippen molar-refractivity contribution in [3.8, 4) is 11.5 Å². The fraction of sp³-hybridized carbons (Fsp3) is 0.143. The van der Waals surface area contributed by atoms with E-state index < -0.39 is 0 Å². The van der Waals surface area contributed by atoms with Gasteiger partial charge in [-0.2, -0.15) is 3.22 Å². The zero-order valence-electron chi connectivity index (χ0n) is 19.4. The van der Waals surface area contributed by atoms with Gasteiger partial charge < -0.3 is 25.2 Å². The van der Waals surface area contributed by atoms with E-state index in [1.807, 2.05) is 39.8 Å². The largest absolute Gasteiger partial charge is 0.496 e. The van der Waals surface area contributed by atoms with E-state index in [1.165, 1.54) is 10.9 Å². The molecule has 0 radical (unpaired) electrons. The van der Waals surface area contributed by atoms with E-state index in [9.17, 15) is 0 Å². The average molecular weight is 578 g/mol. The van der Waals surface area contributed by atoms with Crippen molar-refractivity contribution < 1.29 is 9.47 Å². The summed E-state index contributed by atoms with van der Waals surface area (Å²) in [6.07, 6.45) is 18.8. The summed E-state index contributed by atoms with van der Waals surface area (Å²) >= 11 is 2.29. The Kier molecular flexibility index (Phi) is 7.25. The molecule has 2 aliphatic heterocycles. The number of nitrogens with one attached hydrogen (secondary N) is 3. The minimum atomic E-state index is 0.108. The van der Waals surface area contributed by atoms with Gasteiger partial charge in [-0.05, 0) is 48.1 Å². The fourth-order valence-corrected chi connectivity index (χ4v) is 4.65. The number of rotatable bonds is 8. The number of dihydropyridines is 1. The van der Waals surface area contributed by atoms with Crippen molar-refractivity contribution in [3.05, 3.63) is 108 Å². The Hall–Kier alpha value is -3.43. The summed E-state index contributed by atoms with van der Waals surface area (Å²) in [7, 11) is 1.68. The van der Waals surface area contributed by atoms with Crippen LogP contribution in [-0.2, 0) is 0 Å². The standard InChI is InChI=1S/C28H27IN4O2/c1-34-28-18-25(35-19-23-6-2-3-15-30-23)13-10-21(28)9-12-24-17-22(32-33(24)29)11-8-20-5-4-7-27-26(20)14-16-31-27/h2-14,16-18,24,30-32H,15,19H2,1H3/b11-8+,12-9+. The molecule has 3 N–H and O–H groups in total. The lowest BCUT2D eigenvalue weighted by Crippen LogP contribution is -2.27. The molecule has 0 aliphatic carbocycles. The van der Waals surface area contributed by atoms with Crippen molar-refractivity contribution in [2.45, 2.75) is 6.04 Å². The Bertz CT molecular complexity index is 1350. The van der Waals surface area contributed by atoms with Gasteiger partial charge in [0.2, 0.25) is 0 Å². The first-order chi connectivity index (χ1) is 17.2. The summed E-state index contributed by atoms with van der Waals surface area (Å²) in [5, 5.41) is 4.51. The fourth-order valence-electron chi connectivity index (χ4n) is 4.03. The number of fused-ring (bicyclic) bond motifs is 1.